The van der Waals surface area contributed by atoms with Gasteiger partial charge in [-0.1, -0.05) is 30.3 Å². The van der Waals surface area contributed by atoms with Gasteiger partial charge >= 0.3 is 0 Å². The van der Waals surface area contributed by atoms with E-state index in [0.717, 1.165) is 45.5 Å². The standard InChI is InChI=1S/C17H27NO2/c1-18-16(9-6-12-19-2)17(10-13-20-14-11-17)15-7-4-3-5-8-15/h3-5,7-8,16,18H,6,9-14H2,1-2H3. The zero-order valence-corrected chi connectivity index (χ0v) is 12.7. The van der Waals surface area contributed by atoms with Gasteiger partial charge in [0, 0.05) is 38.4 Å². The molecule has 0 bridgehead atoms. The first-order valence-corrected chi connectivity index (χ1v) is 7.63. The van der Waals surface area contributed by atoms with Gasteiger partial charge in [-0.2, -0.15) is 0 Å². The lowest BCUT2D eigenvalue weighted by atomic mass is 9.67. The Labute approximate surface area is 122 Å². The first-order valence-electron chi connectivity index (χ1n) is 7.63. The number of hydrogen-bond acceptors (Lipinski definition) is 3. The molecule has 0 aliphatic carbocycles. The van der Waals surface area contributed by atoms with Gasteiger partial charge in [-0.05, 0) is 38.3 Å². The second kappa shape index (κ2) is 7.77. The molecule has 0 spiro atoms. The predicted octanol–water partition coefficient (Wildman–Crippen LogP) is 2.75. The smallest absolute Gasteiger partial charge is 0.0475 e. The molecule has 3 heteroatoms. The molecule has 2 rings (SSSR count). The molecule has 112 valence electrons. The molecule has 1 unspecified atom stereocenters. The highest BCUT2D eigenvalue weighted by molar-refractivity contribution is 5.28. The SMILES string of the molecule is CNC(CCCOC)C1(c2ccccc2)CCOCC1. The molecule has 0 amide bonds. The van der Waals surface area contributed by atoms with Crippen LogP contribution in [0.5, 0.6) is 0 Å². The van der Waals surface area contributed by atoms with E-state index in [9.17, 15) is 0 Å². The van der Waals surface area contributed by atoms with Crippen molar-refractivity contribution in [3.63, 3.8) is 0 Å². The molecule has 1 fully saturated rings. The van der Waals surface area contributed by atoms with Gasteiger partial charge in [0.15, 0.2) is 0 Å². The van der Waals surface area contributed by atoms with Gasteiger partial charge in [0.05, 0.1) is 0 Å². The monoisotopic (exact) mass is 277 g/mol. The topological polar surface area (TPSA) is 30.5 Å². The van der Waals surface area contributed by atoms with Crippen molar-refractivity contribution >= 4 is 0 Å². The average Bonchev–Trinajstić information content (AvgIpc) is 2.53. The summed E-state index contributed by atoms with van der Waals surface area (Å²) in [6.45, 7) is 2.55. The Bertz CT molecular complexity index is 374. The second-order valence-electron chi connectivity index (χ2n) is 5.61. The van der Waals surface area contributed by atoms with E-state index in [1.807, 2.05) is 0 Å². The average molecular weight is 277 g/mol. The van der Waals surface area contributed by atoms with Gasteiger partial charge in [-0.3, -0.25) is 0 Å². The summed E-state index contributed by atoms with van der Waals surface area (Å²) in [6, 6.07) is 11.4. The quantitative estimate of drug-likeness (QED) is 0.777. The normalized spacial score (nSPS) is 19.7. The summed E-state index contributed by atoms with van der Waals surface area (Å²) in [5.41, 5.74) is 1.64. The first kappa shape index (κ1) is 15.5. The van der Waals surface area contributed by atoms with Crippen LogP contribution in [0.3, 0.4) is 0 Å². The zero-order chi connectivity index (χ0) is 14.3. The summed E-state index contributed by atoms with van der Waals surface area (Å²) < 4.78 is 10.8. The number of nitrogens with one attached hydrogen (secondary N) is 1. The van der Waals surface area contributed by atoms with Crippen molar-refractivity contribution in [1.29, 1.82) is 0 Å². The first-order chi connectivity index (χ1) is 9.83. The lowest BCUT2D eigenvalue weighted by Crippen LogP contribution is -2.50. The molecule has 1 aromatic rings. The van der Waals surface area contributed by atoms with Crippen molar-refractivity contribution in [2.75, 3.05) is 34.0 Å². The highest BCUT2D eigenvalue weighted by Gasteiger charge is 2.40. The number of ether oxygens (including phenoxy) is 2. The number of hydrogen-bond donors (Lipinski definition) is 1. The van der Waals surface area contributed by atoms with Crippen LogP contribution < -0.4 is 5.32 Å². The Hall–Kier alpha value is -0.900. The Morgan fingerprint density at radius 1 is 1.25 bits per heavy atom. The zero-order valence-electron chi connectivity index (χ0n) is 12.7. The van der Waals surface area contributed by atoms with Crippen LogP contribution in [0.2, 0.25) is 0 Å². The molecule has 1 aliphatic heterocycles. The summed E-state index contributed by atoms with van der Waals surface area (Å²) in [4.78, 5) is 0. The molecule has 1 aromatic carbocycles. The van der Waals surface area contributed by atoms with Crippen LogP contribution in [0.4, 0.5) is 0 Å². The number of benzene rings is 1. The Morgan fingerprint density at radius 3 is 2.55 bits per heavy atom. The molecule has 3 nitrogen and oxygen atoms in total. The summed E-state index contributed by atoms with van der Waals surface area (Å²) in [7, 11) is 3.85. The molecule has 1 N–H and O–H groups in total. The fourth-order valence-corrected chi connectivity index (χ4v) is 3.47. The van der Waals surface area contributed by atoms with E-state index in [2.05, 4.69) is 42.7 Å². The van der Waals surface area contributed by atoms with Gasteiger partial charge in [0.1, 0.15) is 0 Å². The second-order valence-corrected chi connectivity index (χ2v) is 5.61. The summed E-state index contributed by atoms with van der Waals surface area (Å²) in [6.07, 6.45) is 4.42. The van der Waals surface area contributed by atoms with Crippen LogP contribution in [0, 0.1) is 0 Å². The lowest BCUT2D eigenvalue weighted by molar-refractivity contribution is 0.0327. The molecular weight excluding hydrogens is 250 g/mol. The van der Waals surface area contributed by atoms with Crippen LogP contribution >= 0.6 is 0 Å². The summed E-state index contributed by atoms with van der Waals surface area (Å²) in [5.74, 6) is 0. The molecule has 1 atom stereocenters. The highest BCUT2D eigenvalue weighted by Crippen LogP contribution is 2.39. The minimum Gasteiger partial charge on any atom is -0.385 e. The predicted molar refractivity (Wildman–Crippen MR) is 82.1 cm³/mol. The molecule has 0 aromatic heterocycles. The van der Waals surface area contributed by atoms with Gasteiger partial charge in [-0.15, -0.1) is 0 Å². The van der Waals surface area contributed by atoms with Crippen LogP contribution in [-0.2, 0) is 14.9 Å². The van der Waals surface area contributed by atoms with E-state index in [4.69, 9.17) is 9.47 Å². The molecule has 0 radical (unpaired) electrons. The summed E-state index contributed by atoms with van der Waals surface area (Å²) >= 11 is 0. The third kappa shape index (κ3) is 3.40. The highest BCUT2D eigenvalue weighted by atomic mass is 16.5. The van der Waals surface area contributed by atoms with Crippen molar-refractivity contribution in [3.05, 3.63) is 35.9 Å². The van der Waals surface area contributed by atoms with Crippen LogP contribution in [-0.4, -0.2) is 40.0 Å². The van der Waals surface area contributed by atoms with E-state index in [1.54, 1.807) is 7.11 Å². The molecule has 1 saturated heterocycles. The van der Waals surface area contributed by atoms with Crippen molar-refractivity contribution < 1.29 is 9.47 Å². The Balaban J connectivity index is 2.21. The maximum absolute atomic E-state index is 5.61. The Morgan fingerprint density at radius 2 is 1.95 bits per heavy atom. The molecule has 1 aliphatic rings. The van der Waals surface area contributed by atoms with E-state index in [1.165, 1.54) is 5.56 Å². The van der Waals surface area contributed by atoms with E-state index >= 15 is 0 Å². The maximum atomic E-state index is 5.61. The number of rotatable bonds is 7. The van der Waals surface area contributed by atoms with Crippen molar-refractivity contribution in [3.8, 4) is 0 Å². The van der Waals surface area contributed by atoms with Crippen molar-refractivity contribution in [1.82, 2.24) is 5.32 Å². The third-order valence-corrected chi connectivity index (χ3v) is 4.59. The van der Waals surface area contributed by atoms with Gasteiger partial charge in [0.25, 0.3) is 0 Å². The maximum Gasteiger partial charge on any atom is 0.0475 e. The van der Waals surface area contributed by atoms with Crippen LogP contribution in [0.15, 0.2) is 30.3 Å². The molecular formula is C17H27NO2. The third-order valence-electron chi connectivity index (χ3n) is 4.59. The van der Waals surface area contributed by atoms with Crippen molar-refractivity contribution in [2.45, 2.75) is 37.1 Å². The van der Waals surface area contributed by atoms with Gasteiger partial charge in [0.2, 0.25) is 0 Å². The van der Waals surface area contributed by atoms with Crippen LogP contribution in [0.1, 0.15) is 31.2 Å². The number of methoxy groups -OCH3 is 1. The Kier molecular flexibility index (Phi) is 6.02. The largest absolute Gasteiger partial charge is 0.385 e. The molecule has 0 saturated carbocycles. The van der Waals surface area contributed by atoms with Gasteiger partial charge < -0.3 is 14.8 Å². The fraction of sp³-hybridized carbons (Fsp3) is 0.647. The molecule has 20 heavy (non-hydrogen) atoms. The molecule has 1 heterocycles. The minimum atomic E-state index is 0.196. The van der Waals surface area contributed by atoms with Crippen molar-refractivity contribution in [2.24, 2.45) is 0 Å². The van der Waals surface area contributed by atoms with E-state index < -0.39 is 0 Å². The van der Waals surface area contributed by atoms with Gasteiger partial charge in [-0.25, -0.2) is 0 Å². The van der Waals surface area contributed by atoms with E-state index in [0.29, 0.717) is 6.04 Å². The fourth-order valence-electron chi connectivity index (χ4n) is 3.47. The van der Waals surface area contributed by atoms with E-state index in [-0.39, 0.29) is 5.41 Å². The minimum absolute atomic E-state index is 0.196. The number of likely N-dealkylation sites (N-methyl/N-ethyl adjacent to an activating group) is 1. The summed E-state index contributed by atoms with van der Waals surface area (Å²) in [5, 5.41) is 3.56. The lowest BCUT2D eigenvalue weighted by Gasteiger charge is -2.44. The van der Waals surface area contributed by atoms with Crippen LogP contribution in [0.25, 0.3) is 0 Å².